The van der Waals surface area contributed by atoms with Gasteiger partial charge in [-0.3, -0.25) is 0 Å². The van der Waals surface area contributed by atoms with Gasteiger partial charge in [-0.15, -0.1) is 11.3 Å². The average molecular weight is 281 g/mol. The number of hydrogen-bond donors (Lipinski definition) is 2. The quantitative estimate of drug-likeness (QED) is 0.846. The molecule has 94 valence electrons. The van der Waals surface area contributed by atoms with E-state index in [0.29, 0.717) is 5.69 Å². The summed E-state index contributed by atoms with van der Waals surface area (Å²) in [6.45, 7) is 1.97. The van der Waals surface area contributed by atoms with Gasteiger partial charge in [-0.2, -0.15) is 0 Å². The number of hydrogen-bond acceptors (Lipinski definition) is 4. The lowest BCUT2D eigenvalue weighted by Crippen LogP contribution is -2.12. The monoisotopic (exact) mass is 281 g/mol. The first-order valence-electron chi connectivity index (χ1n) is 5.33. The summed E-state index contributed by atoms with van der Waals surface area (Å²) < 4.78 is 13.7. The first-order chi connectivity index (χ1) is 8.58. The maximum Gasteiger partial charge on any atom is 0.135 e. The van der Waals surface area contributed by atoms with Crippen LogP contribution >= 0.6 is 23.6 Å². The number of aromatic nitrogens is 1. The van der Waals surface area contributed by atoms with Crippen molar-refractivity contribution >= 4 is 34.2 Å². The van der Waals surface area contributed by atoms with Crippen LogP contribution in [0.2, 0.25) is 0 Å². The molecule has 0 amide bonds. The molecule has 0 aliphatic rings. The van der Waals surface area contributed by atoms with Crippen molar-refractivity contribution in [2.75, 3.05) is 5.32 Å². The van der Waals surface area contributed by atoms with Crippen molar-refractivity contribution in [1.82, 2.24) is 4.98 Å². The molecule has 2 rings (SSSR count). The van der Waals surface area contributed by atoms with Crippen LogP contribution in [0, 0.1) is 5.82 Å². The molecule has 0 bridgehead atoms. The zero-order chi connectivity index (χ0) is 13.1. The third-order valence-electron chi connectivity index (χ3n) is 2.44. The highest BCUT2D eigenvalue weighted by Crippen LogP contribution is 2.22. The summed E-state index contributed by atoms with van der Waals surface area (Å²) in [4.78, 5) is 4.26. The second kappa shape index (κ2) is 5.41. The van der Waals surface area contributed by atoms with Gasteiger partial charge in [-0.05, 0) is 25.1 Å². The molecule has 0 aliphatic heterocycles. The van der Waals surface area contributed by atoms with E-state index in [2.05, 4.69) is 10.3 Å². The molecule has 3 N–H and O–H groups in total. The largest absolute Gasteiger partial charge is 0.389 e. The van der Waals surface area contributed by atoms with E-state index in [9.17, 15) is 4.39 Å². The normalized spacial score (nSPS) is 12.1. The number of nitrogens with zero attached hydrogens (tertiary/aromatic N) is 1. The van der Waals surface area contributed by atoms with E-state index < -0.39 is 5.82 Å². The van der Waals surface area contributed by atoms with E-state index in [4.69, 9.17) is 18.0 Å². The lowest BCUT2D eigenvalue weighted by atomic mass is 10.2. The molecule has 3 nitrogen and oxygen atoms in total. The summed E-state index contributed by atoms with van der Waals surface area (Å²) in [5, 5.41) is 6.03. The standard InChI is InChI=1S/C12H12FN3S2/c1-7(12-15-4-5-18-12)16-8-2-3-9(11(14)17)10(13)6-8/h2-7,16H,1H3,(H2,14,17). The van der Waals surface area contributed by atoms with Crippen LogP contribution in [0.1, 0.15) is 23.5 Å². The molecular formula is C12H12FN3S2. The van der Waals surface area contributed by atoms with Crippen LogP contribution in [-0.4, -0.2) is 9.97 Å². The van der Waals surface area contributed by atoms with Crippen molar-refractivity contribution in [2.45, 2.75) is 13.0 Å². The Bertz CT molecular complexity index is 554. The summed E-state index contributed by atoms with van der Waals surface area (Å²) in [5.74, 6) is -0.418. The van der Waals surface area contributed by atoms with Gasteiger partial charge in [0, 0.05) is 22.8 Å². The molecule has 0 aliphatic carbocycles. The van der Waals surface area contributed by atoms with Gasteiger partial charge in [-0.25, -0.2) is 9.37 Å². The fourth-order valence-electron chi connectivity index (χ4n) is 1.56. The minimum atomic E-state index is -0.418. The third kappa shape index (κ3) is 2.83. The Balaban J connectivity index is 2.15. The Labute approximate surface area is 114 Å². The van der Waals surface area contributed by atoms with Crippen molar-refractivity contribution < 1.29 is 4.39 Å². The summed E-state index contributed by atoms with van der Waals surface area (Å²) in [5.41, 5.74) is 6.34. The average Bonchev–Trinajstić information content (AvgIpc) is 2.81. The van der Waals surface area contributed by atoms with Gasteiger partial charge in [0.05, 0.1) is 6.04 Å². The van der Waals surface area contributed by atoms with Crippen molar-refractivity contribution in [3.05, 3.63) is 46.2 Å². The topological polar surface area (TPSA) is 50.9 Å². The Kier molecular flexibility index (Phi) is 3.88. The molecule has 18 heavy (non-hydrogen) atoms. The van der Waals surface area contributed by atoms with Crippen LogP contribution in [0.5, 0.6) is 0 Å². The van der Waals surface area contributed by atoms with E-state index in [0.717, 1.165) is 5.01 Å². The van der Waals surface area contributed by atoms with Crippen LogP contribution < -0.4 is 11.1 Å². The lowest BCUT2D eigenvalue weighted by Gasteiger charge is -2.13. The summed E-state index contributed by atoms with van der Waals surface area (Å²) >= 11 is 6.31. The first kappa shape index (κ1) is 12.9. The highest BCUT2D eigenvalue weighted by atomic mass is 32.1. The Morgan fingerprint density at radius 1 is 1.56 bits per heavy atom. The molecule has 1 unspecified atom stereocenters. The van der Waals surface area contributed by atoms with Crippen molar-refractivity contribution in [2.24, 2.45) is 5.73 Å². The SMILES string of the molecule is CC(Nc1ccc(C(N)=S)c(F)c1)c1nccs1. The van der Waals surface area contributed by atoms with Crippen LogP contribution in [0.25, 0.3) is 0 Å². The van der Waals surface area contributed by atoms with Crippen LogP contribution in [0.15, 0.2) is 29.8 Å². The Hall–Kier alpha value is -1.53. The molecule has 1 heterocycles. The van der Waals surface area contributed by atoms with Crippen molar-refractivity contribution in [3.8, 4) is 0 Å². The second-order valence-electron chi connectivity index (χ2n) is 3.80. The predicted octanol–water partition coefficient (Wildman–Crippen LogP) is 3.09. The molecule has 0 saturated carbocycles. The second-order valence-corrected chi connectivity index (χ2v) is 5.16. The Morgan fingerprint density at radius 3 is 2.89 bits per heavy atom. The summed E-state index contributed by atoms with van der Waals surface area (Å²) in [6.07, 6.45) is 1.74. The smallest absolute Gasteiger partial charge is 0.135 e. The molecule has 2 aromatic rings. The lowest BCUT2D eigenvalue weighted by molar-refractivity contribution is 0.625. The van der Waals surface area contributed by atoms with Gasteiger partial charge in [0.2, 0.25) is 0 Å². The van der Waals surface area contributed by atoms with Crippen molar-refractivity contribution in [3.63, 3.8) is 0 Å². The number of thiazole rings is 1. The number of rotatable bonds is 4. The predicted molar refractivity (Wildman–Crippen MR) is 76.4 cm³/mol. The van der Waals surface area contributed by atoms with Gasteiger partial charge < -0.3 is 11.1 Å². The van der Waals surface area contributed by atoms with Crippen LogP contribution in [-0.2, 0) is 0 Å². The van der Waals surface area contributed by atoms with Crippen LogP contribution in [0.3, 0.4) is 0 Å². The van der Waals surface area contributed by atoms with Crippen LogP contribution in [0.4, 0.5) is 10.1 Å². The van der Waals surface area contributed by atoms with Gasteiger partial charge in [0.15, 0.2) is 0 Å². The van der Waals surface area contributed by atoms with Gasteiger partial charge in [0.25, 0.3) is 0 Å². The van der Waals surface area contributed by atoms with Gasteiger partial charge in [-0.1, -0.05) is 12.2 Å². The summed E-state index contributed by atoms with van der Waals surface area (Å²) in [6, 6.07) is 4.74. The highest BCUT2D eigenvalue weighted by Gasteiger charge is 2.10. The number of benzene rings is 1. The fourth-order valence-corrected chi connectivity index (χ4v) is 2.38. The molecule has 0 fully saturated rings. The minimum absolute atomic E-state index is 0.0279. The number of halogens is 1. The van der Waals surface area contributed by atoms with E-state index in [1.807, 2.05) is 12.3 Å². The molecular weight excluding hydrogens is 269 g/mol. The number of nitrogens with two attached hydrogens (primary N) is 1. The molecule has 0 radical (unpaired) electrons. The molecule has 0 saturated heterocycles. The number of thiocarbonyl (C=S) groups is 1. The number of anilines is 1. The molecule has 1 aromatic carbocycles. The molecule has 1 atom stereocenters. The zero-order valence-electron chi connectivity index (χ0n) is 9.68. The zero-order valence-corrected chi connectivity index (χ0v) is 11.3. The maximum atomic E-state index is 13.7. The van der Waals surface area contributed by atoms with Gasteiger partial charge >= 0.3 is 0 Å². The molecule has 6 heteroatoms. The van der Waals surface area contributed by atoms with E-state index in [1.165, 1.54) is 6.07 Å². The molecule has 1 aromatic heterocycles. The number of nitrogens with one attached hydrogen (secondary N) is 1. The third-order valence-corrected chi connectivity index (χ3v) is 3.62. The summed E-state index contributed by atoms with van der Waals surface area (Å²) in [7, 11) is 0. The maximum absolute atomic E-state index is 13.7. The Morgan fingerprint density at radius 2 is 2.33 bits per heavy atom. The van der Waals surface area contributed by atoms with E-state index in [1.54, 1.807) is 29.7 Å². The van der Waals surface area contributed by atoms with E-state index >= 15 is 0 Å². The van der Waals surface area contributed by atoms with E-state index in [-0.39, 0.29) is 16.6 Å². The minimum Gasteiger partial charge on any atom is -0.389 e. The first-order valence-corrected chi connectivity index (χ1v) is 6.62. The van der Waals surface area contributed by atoms with Gasteiger partial charge in [0.1, 0.15) is 15.8 Å². The molecule has 0 spiro atoms. The fraction of sp³-hybridized carbons (Fsp3) is 0.167. The van der Waals surface area contributed by atoms with Crippen molar-refractivity contribution in [1.29, 1.82) is 0 Å². The highest BCUT2D eigenvalue weighted by molar-refractivity contribution is 7.80.